The van der Waals surface area contributed by atoms with Crippen molar-refractivity contribution in [1.82, 2.24) is 0 Å². The monoisotopic (exact) mass is 490 g/mol. The normalized spacial score (nSPS) is 13.4. The summed E-state index contributed by atoms with van der Waals surface area (Å²) in [7, 11) is 2.52. The molecule has 36 heavy (non-hydrogen) atoms. The van der Waals surface area contributed by atoms with Gasteiger partial charge < -0.3 is 23.7 Å². The third-order valence-corrected chi connectivity index (χ3v) is 6.02. The molecule has 0 radical (unpaired) electrons. The van der Waals surface area contributed by atoms with Gasteiger partial charge in [-0.05, 0) is 41.3 Å². The van der Waals surface area contributed by atoms with Crippen LogP contribution in [0.4, 0.5) is 0 Å². The van der Waals surface area contributed by atoms with Gasteiger partial charge in [-0.2, -0.15) is 0 Å². The van der Waals surface area contributed by atoms with Crippen molar-refractivity contribution in [2.24, 2.45) is 5.92 Å². The van der Waals surface area contributed by atoms with Crippen LogP contribution in [0.5, 0.6) is 11.5 Å². The molecule has 0 aromatic heterocycles. The number of ether oxygens (including phenoxy) is 5. The van der Waals surface area contributed by atoms with Gasteiger partial charge in [-0.1, -0.05) is 54.6 Å². The number of hydrogen-bond acceptors (Lipinski definition) is 8. The number of benzene rings is 3. The number of methoxy groups -OCH3 is 2. The number of fused-ring (bicyclic) bond motifs is 1. The fourth-order valence-electron chi connectivity index (χ4n) is 4.19. The molecule has 0 saturated carbocycles. The van der Waals surface area contributed by atoms with Crippen molar-refractivity contribution in [3.05, 3.63) is 95.1 Å². The minimum Gasteiger partial charge on any atom is -0.468 e. The third kappa shape index (κ3) is 5.49. The highest BCUT2D eigenvalue weighted by atomic mass is 16.7. The molecule has 2 unspecified atom stereocenters. The fourth-order valence-corrected chi connectivity index (χ4v) is 4.19. The zero-order chi connectivity index (χ0) is 25.5. The van der Waals surface area contributed by atoms with E-state index in [2.05, 4.69) is 0 Å². The van der Waals surface area contributed by atoms with Crippen LogP contribution in [0, 0.1) is 5.92 Å². The first-order chi connectivity index (χ1) is 17.5. The zero-order valence-electron chi connectivity index (χ0n) is 20.0. The Kier molecular flexibility index (Phi) is 7.85. The Balaban J connectivity index is 1.72. The average Bonchev–Trinajstić information content (AvgIpc) is 3.40. The number of rotatable bonds is 9. The van der Waals surface area contributed by atoms with E-state index in [-0.39, 0.29) is 19.8 Å². The molecule has 186 valence electrons. The van der Waals surface area contributed by atoms with E-state index in [0.29, 0.717) is 28.2 Å². The van der Waals surface area contributed by atoms with Gasteiger partial charge in [0.1, 0.15) is 6.61 Å². The molecule has 8 heteroatoms. The van der Waals surface area contributed by atoms with Gasteiger partial charge in [0, 0.05) is 5.92 Å². The van der Waals surface area contributed by atoms with E-state index >= 15 is 0 Å². The molecule has 4 rings (SSSR count). The molecule has 0 saturated heterocycles. The van der Waals surface area contributed by atoms with Crippen LogP contribution in [-0.4, -0.2) is 38.9 Å². The number of hydrogen-bond donors (Lipinski definition) is 0. The molecule has 1 heterocycles. The first-order valence-electron chi connectivity index (χ1n) is 11.4. The summed E-state index contributed by atoms with van der Waals surface area (Å²) in [5.41, 5.74) is 2.36. The lowest BCUT2D eigenvalue weighted by molar-refractivity contribution is -0.162. The van der Waals surface area contributed by atoms with Crippen molar-refractivity contribution in [3.8, 4) is 11.5 Å². The van der Waals surface area contributed by atoms with Crippen LogP contribution in [0.2, 0.25) is 0 Å². The van der Waals surface area contributed by atoms with Gasteiger partial charge >= 0.3 is 17.9 Å². The maximum absolute atomic E-state index is 13.4. The van der Waals surface area contributed by atoms with Gasteiger partial charge in [-0.15, -0.1) is 0 Å². The van der Waals surface area contributed by atoms with Gasteiger partial charge in [-0.3, -0.25) is 9.59 Å². The quantitative estimate of drug-likeness (QED) is 0.252. The highest BCUT2D eigenvalue weighted by Crippen LogP contribution is 2.39. The van der Waals surface area contributed by atoms with E-state index in [1.54, 1.807) is 42.5 Å². The fraction of sp³-hybridized carbons (Fsp3) is 0.250. The SMILES string of the molecule is COC(=O)c1ccccc1CC(c1ccc2c(c1)OCO2)C(C(=O)OC)C(=O)OCc1ccccc1. The van der Waals surface area contributed by atoms with E-state index in [1.165, 1.54) is 14.2 Å². The Bertz CT molecular complexity index is 1240. The minimum atomic E-state index is -1.30. The van der Waals surface area contributed by atoms with Gasteiger partial charge in [0.05, 0.1) is 19.8 Å². The molecule has 0 aliphatic carbocycles. The lowest BCUT2D eigenvalue weighted by atomic mass is 9.80. The molecule has 1 aliphatic rings. The van der Waals surface area contributed by atoms with E-state index in [1.807, 2.05) is 30.3 Å². The van der Waals surface area contributed by atoms with Gasteiger partial charge in [0.25, 0.3) is 0 Å². The second kappa shape index (κ2) is 11.4. The standard InChI is InChI=1S/C28H26O8/c1-32-26(29)21-11-7-6-10-19(21)14-22(20-12-13-23-24(15-20)36-17-35-23)25(27(30)33-2)28(31)34-16-18-8-4-3-5-9-18/h3-13,15,22,25H,14,16-17H2,1-2H3. The van der Waals surface area contributed by atoms with Crippen LogP contribution >= 0.6 is 0 Å². The molecule has 0 N–H and O–H groups in total. The third-order valence-electron chi connectivity index (χ3n) is 6.02. The van der Waals surface area contributed by atoms with E-state index in [9.17, 15) is 14.4 Å². The largest absolute Gasteiger partial charge is 0.468 e. The summed E-state index contributed by atoms with van der Waals surface area (Å²) in [6.07, 6.45) is 0.158. The van der Waals surface area contributed by atoms with Crippen LogP contribution < -0.4 is 9.47 Å². The molecule has 0 spiro atoms. The first-order valence-corrected chi connectivity index (χ1v) is 11.4. The Hall–Kier alpha value is -4.33. The van der Waals surface area contributed by atoms with Crippen molar-refractivity contribution in [2.75, 3.05) is 21.0 Å². The Morgan fingerprint density at radius 2 is 1.56 bits per heavy atom. The van der Waals surface area contributed by atoms with Gasteiger partial charge in [-0.25, -0.2) is 4.79 Å². The molecule has 8 nitrogen and oxygen atoms in total. The van der Waals surface area contributed by atoms with Crippen LogP contribution in [-0.2, 0) is 36.8 Å². The molecule has 2 atom stereocenters. The van der Waals surface area contributed by atoms with Crippen molar-refractivity contribution < 1.29 is 38.1 Å². The lowest BCUT2D eigenvalue weighted by Crippen LogP contribution is -2.34. The first kappa shape index (κ1) is 24.8. The maximum atomic E-state index is 13.4. The number of carbonyl (C=O) groups is 3. The average molecular weight is 491 g/mol. The van der Waals surface area contributed by atoms with E-state index < -0.39 is 29.7 Å². The van der Waals surface area contributed by atoms with Gasteiger partial charge in [0.2, 0.25) is 6.79 Å². The summed E-state index contributed by atoms with van der Waals surface area (Å²) in [6, 6.07) is 21.3. The van der Waals surface area contributed by atoms with Crippen LogP contribution in [0.25, 0.3) is 0 Å². The highest BCUT2D eigenvalue weighted by Gasteiger charge is 2.39. The molecule has 3 aromatic rings. The molecular formula is C28H26O8. The van der Waals surface area contributed by atoms with Crippen molar-refractivity contribution in [1.29, 1.82) is 0 Å². The summed E-state index contributed by atoms with van der Waals surface area (Å²) >= 11 is 0. The van der Waals surface area contributed by atoms with E-state index in [4.69, 9.17) is 23.7 Å². The van der Waals surface area contributed by atoms with Gasteiger partial charge in [0.15, 0.2) is 17.4 Å². The molecule has 0 amide bonds. The number of carbonyl (C=O) groups excluding carboxylic acids is 3. The smallest absolute Gasteiger partial charge is 0.338 e. The molecule has 1 aliphatic heterocycles. The van der Waals surface area contributed by atoms with Crippen LogP contribution in [0.3, 0.4) is 0 Å². The van der Waals surface area contributed by atoms with Crippen molar-refractivity contribution in [3.63, 3.8) is 0 Å². The van der Waals surface area contributed by atoms with E-state index in [0.717, 1.165) is 5.56 Å². The molecule has 3 aromatic carbocycles. The maximum Gasteiger partial charge on any atom is 0.338 e. The highest BCUT2D eigenvalue weighted by molar-refractivity contribution is 5.96. The predicted octanol–water partition coefficient (Wildman–Crippen LogP) is 4.06. The summed E-state index contributed by atoms with van der Waals surface area (Å²) in [4.78, 5) is 38.8. The Morgan fingerprint density at radius 3 is 2.31 bits per heavy atom. The van der Waals surface area contributed by atoms with Crippen LogP contribution in [0.15, 0.2) is 72.8 Å². The Labute approximate surface area is 208 Å². The van der Waals surface area contributed by atoms with Crippen molar-refractivity contribution in [2.45, 2.75) is 18.9 Å². The zero-order valence-corrected chi connectivity index (χ0v) is 20.0. The molecular weight excluding hydrogens is 464 g/mol. The second-order valence-corrected chi connectivity index (χ2v) is 8.17. The Morgan fingerprint density at radius 1 is 0.833 bits per heavy atom. The summed E-state index contributed by atoms with van der Waals surface area (Å²) < 4.78 is 26.5. The van der Waals surface area contributed by atoms with Crippen molar-refractivity contribution >= 4 is 17.9 Å². The lowest BCUT2D eigenvalue weighted by Gasteiger charge is -2.25. The summed E-state index contributed by atoms with van der Waals surface area (Å²) in [6.45, 7) is 0.0773. The molecule has 0 bridgehead atoms. The second-order valence-electron chi connectivity index (χ2n) is 8.17. The predicted molar refractivity (Wildman–Crippen MR) is 129 cm³/mol. The minimum absolute atomic E-state index is 0.000224. The number of esters is 3. The topological polar surface area (TPSA) is 97.4 Å². The molecule has 0 fully saturated rings. The van der Waals surface area contributed by atoms with Crippen LogP contribution in [0.1, 0.15) is 33.0 Å². The summed E-state index contributed by atoms with van der Waals surface area (Å²) in [5.74, 6) is -2.97. The summed E-state index contributed by atoms with van der Waals surface area (Å²) in [5, 5.41) is 0.